The lowest BCUT2D eigenvalue weighted by Crippen LogP contribution is -2.51. The van der Waals surface area contributed by atoms with E-state index in [0.717, 1.165) is 44.1 Å². The van der Waals surface area contributed by atoms with Crippen molar-refractivity contribution in [2.24, 2.45) is 4.99 Å². The number of aliphatic imine (C=N–C) groups is 1. The molecule has 1 saturated heterocycles. The zero-order valence-electron chi connectivity index (χ0n) is 16.9. The molecule has 7 heteroatoms. The van der Waals surface area contributed by atoms with Crippen molar-refractivity contribution in [1.29, 1.82) is 0 Å². The highest BCUT2D eigenvalue weighted by atomic mass is 32.2. The molecule has 5 nitrogen and oxygen atoms in total. The van der Waals surface area contributed by atoms with Gasteiger partial charge in [0.15, 0.2) is 5.96 Å². The van der Waals surface area contributed by atoms with Gasteiger partial charge in [-0.3, -0.25) is 9.20 Å². The molecule has 1 aromatic rings. The normalized spacial score (nSPS) is 19.7. The van der Waals surface area contributed by atoms with E-state index >= 15 is 0 Å². The summed E-state index contributed by atoms with van der Waals surface area (Å²) in [6.07, 6.45) is 2.09. The number of nitrogens with one attached hydrogen (secondary N) is 2. The van der Waals surface area contributed by atoms with Crippen molar-refractivity contribution in [2.45, 2.75) is 51.3 Å². The molecule has 1 fully saturated rings. The van der Waals surface area contributed by atoms with Crippen LogP contribution in [0.5, 0.6) is 0 Å². The molecule has 0 bridgehead atoms. The first-order valence-corrected chi connectivity index (χ1v) is 11.1. The van der Waals surface area contributed by atoms with E-state index in [9.17, 15) is 8.60 Å². The summed E-state index contributed by atoms with van der Waals surface area (Å²) in [5.74, 6) is 1.11. The summed E-state index contributed by atoms with van der Waals surface area (Å²) >= 11 is 0. The Kier molecular flexibility index (Phi) is 8.07. The average molecular weight is 397 g/mol. The quantitative estimate of drug-likeness (QED) is 0.573. The Balaban J connectivity index is 1.94. The molecular formula is C20H33FN4OS. The van der Waals surface area contributed by atoms with Crippen molar-refractivity contribution in [2.75, 3.05) is 36.8 Å². The second kappa shape index (κ2) is 10.1. The molecule has 1 aliphatic rings. The van der Waals surface area contributed by atoms with Crippen molar-refractivity contribution in [1.82, 2.24) is 10.6 Å². The van der Waals surface area contributed by atoms with Gasteiger partial charge in [-0.1, -0.05) is 6.07 Å². The first-order chi connectivity index (χ1) is 12.8. The molecule has 0 saturated carbocycles. The lowest BCUT2D eigenvalue weighted by molar-refractivity contribution is 0.467. The fourth-order valence-electron chi connectivity index (χ4n) is 3.06. The van der Waals surface area contributed by atoms with Gasteiger partial charge in [0, 0.05) is 52.7 Å². The number of piperidine rings is 1. The van der Waals surface area contributed by atoms with Crippen LogP contribution in [0.2, 0.25) is 0 Å². The van der Waals surface area contributed by atoms with E-state index in [1.54, 1.807) is 12.1 Å². The number of guanidine groups is 1. The van der Waals surface area contributed by atoms with Crippen LogP contribution in [0.4, 0.5) is 10.1 Å². The topological polar surface area (TPSA) is 56.7 Å². The molecule has 0 radical (unpaired) electrons. The van der Waals surface area contributed by atoms with Gasteiger partial charge >= 0.3 is 0 Å². The maximum absolute atomic E-state index is 13.5. The number of halogens is 1. The summed E-state index contributed by atoms with van der Waals surface area (Å²) in [6, 6.07) is 7.01. The SMILES string of the molecule is CCNC(=NCCS(=O)C(C)(C)C)NC1CCCN(c2cccc(F)c2)C1. The van der Waals surface area contributed by atoms with Gasteiger partial charge in [0.05, 0.1) is 6.54 Å². The standard InChI is InChI=1S/C20H33FN4OS/c1-5-22-19(23-11-13-27(26)20(2,3)4)24-17-9-7-12-25(15-17)18-10-6-8-16(21)14-18/h6,8,10,14,17H,5,7,9,11-13,15H2,1-4H3,(H2,22,23,24). The zero-order valence-corrected chi connectivity index (χ0v) is 17.7. The Morgan fingerprint density at radius 3 is 2.85 bits per heavy atom. The van der Waals surface area contributed by atoms with Crippen LogP contribution in [0.25, 0.3) is 0 Å². The minimum absolute atomic E-state index is 0.204. The summed E-state index contributed by atoms with van der Waals surface area (Å²) in [5, 5.41) is 6.76. The van der Waals surface area contributed by atoms with Gasteiger partial charge in [0.2, 0.25) is 0 Å². The maximum atomic E-state index is 13.5. The van der Waals surface area contributed by atoms with Gasteiger partial charge < -0.3 is 15.5 Å². The Labute approximate surface area is 165 Å². The van der Waals surface area contributed by atoms with Gasteiger partial charge in [-0.2, -0.15) is 0 Å². The minimum Gasteiger partial charge on any atom is -0.369 e. The van der Waals surface area contributed by atoms with E-state index in [1.165, 1.54) is 6.07 Å². The number of hydrogen-bond acceptors (Lipinski definition) is 3. The molecule has 0 aliphatic carbocycles. The van der Waals surface area contributed by atoms with Crippen molar-refractivity contribution in [3.8, 4) is 0 Å². The molecule has 2 unspecified atom stereocenters. The van der Waals surface area contributed by atoms with Gasteiger partial charge in [0.1, 0.15) is 5.82 Å². The van der Waals surface area contributed by atoms with Crippen LogP contribution in [-0.2, 0) is 10.8 Å². The third-order valence-electron chi connectivity index (χ3n) is 4.51. The fraction of sp³-hybridized carbons (Fsp3) is 0.650. The zero-order chi connectivity index (χ0) is 19.9. The van der Waals surface area contributed by atoms with Crippen LogP contribution in [0.1, 0.15) is 40.5 Å². The number of hydrogen-bond donors (Lipinski definition) is 2. The molecule has 2 N–H and O–H groups in total. The predicted molar refractivity (Wildman–Crippen MR) is 114 cm³/mol. The molecule has 0 amide bonds. The molecule has 152 valence electrons. The highest BCUT2D eigenvalue weighted by Crippen LogP contribution is 2.20. The number of rotatable bonds is 6. The minimum atomic E-state index is -0.904. The molecule has 0 aromatic heterocycles. The van der Waals surface area contributed by atoms with Crippen LogP contribution < -0.4 is 15.5 Å². The Hall–Kier alpha value is -1.63. The molecule has 27 heavy (non-hydrogen) atoms. The lowest BCUT2D eigenvalue weighted by atomic mass is 10.0. The first kappa shape index (κ1) is 21.7. The van der Waals surface area contributed by atoms with Crippen LogP contribution in [-0.4, -0.2) is 52.9 Å². The molecule has 1 heterocycles. The smallest absolute Gasteiger partial charge is 0.191 e. The van der Waals surface area contributed by atoms with Crippen molar-refractivity contribution < 1.29 is 8.60 Å². The largest absolute Gasteiger partial charge is 0.369 e. The van der Waals surface area contributed by atoms with Crippen molar-refractivity contribution >= 4 is 22.4 Å². The van der Waals surface area contributed by atoms with E-state index in [2.05, 4.69) is 20.5 Å². The van der Waals surface area contributed by atoms with E-state index in [4.69, 9.17) is 0 Å². The Bertz CT molecular complexity index is 660. The highest BCUT2D eigenvalue weighted by molar-refractivity contribution is 7.86. The van der Waals surface area contributed by atoms with Crippen LogP contribution in [0.15, 0.2) is 29.3 Å². The summed E-state index contributed by atoms with van der Waals surface area (Å²) in [6.45, 7) is 11.0. The lowest BCUT2D eigenvalue weighted by Gasteiger charge is -2.35. The molecule has 2 atom stereocenters. The summed E-state index contributed by atoms with van der Waals surface area (Å²) < 4.78 is 25.5. The van der Waals surface area contributed by atoms with E-state index in [-0.39, 0.29) is 16.6 Å². The molecule has 1 aromatic carbocycles. The van der Waals surface area contributed by atoms with Crippen LogP contribution in [0.3, 0.4) is 0 Å². The van der Waals surface area contributed by atoms with Gasteiger partial charge in [-0.15, -0.1) is 0 Å². The van der Waals surface area contributed by atoms with Crippen LogP contribution in [0, 0.1) is 5.82 Å². The maximum Gasteiger partial charge on any atom is 0.191 e. The third kappa shape index (κ3) is 7.13. The molecule has 0 spiro atoms. The second-order valence-electron chi connectivity index (χ2n) is 7.83. The average Bonchev–Trinajstić information content (AvgIpc) is 2.61. The fourth-order valence-corrected chi connectivity index (χ4v) is 3.93. The van der Waals surface area contributed by atoms with Crippen LogP contribution >= 0.6 is 0 Å². The van der Waals surface area contributed by atoms with Crippen molar-refractivity contribution in [3.05, 3.63) is 30.1 Å². The Morgan fingerprint density at radius 1 is 1.41 bits per heavy atom. The number of anilines is 1. The summed E-state index contributed by atoms with van der Waals surface area (Å²) in [4.78, 5) is 6.81. The first-order valence-electron chi connectivity index (χ1n) is 9.73. The van der Waals surface area contributed by atoms with Gasteiger partial charge in [-0.05, 0) is 58.7 Å². The highest BCUT2D eigenvalue weighted by Gasteiger charge is 2.22. The molecule has 1 aliphatic heterocycles. The van der Waals surface area contributed by atoms with Crippen molar-refractivity contribution in [3.63, 3.8) is 0 Å². The monoisotopic (exact) mass is 396 g/mol. The predicted octanol–water partition coefficient (Wildman–Crippen LogP) is 2.90. The number of nitrogens with zero attached hydrogens (tertiary/aromatic N) is 2. The van der Waals surface area contributed by atoms with Gasteiger partial charge in [-0.25, -0.2) is 4.39 Å². The molecule has 2 rings (SSSR count). The summed E-state index contributed by atoms with van der Waals surface area (Å²) in [7, 11) is -0.904. The van der Waals surface area contributed by atoms with E-state index in [0.29, 0.717) is 12.3 Å². The second-order valence-corrected chi connectivity index (χ2v) is 10.2. The Morgan fingerprint density at radius 2 is 2.19 bits per heavy atom. The summed E-state index contributed by atoms with van der Waals surface area (Å²) in [5.41, 5.74) is 0.920. The van der Waals surface area contributed by atoms with E-state index in [1.807, 2.05) is 33.8 Å². The van der Waals surface area contributed by atoms with E-state index < -0.39 is 10.8 Å². The number of benzene rings is 1. The third-order valence-corrected chi connectivity index (χ3v) is 6.43. The van der Waals surface area contributed by atoms with Gasteiger partial charge in [0.25, 0.3) is 0 Å². The molecular weight excluding hydrogens is 363 g/mol.